The summed E-state index contributed by atoms with van der Waals surface area (Å²) in [6, 6.07) is 0. The lowest BCUT2D eigenvalue weighted by molar-refractivity contribution is -0.153. The van der Waals surface area contributed by atoms with Crippen molar-refractivity contribution in [1.82, 2.24) is 0 Å². The van der Waals surface area contributed by atoms with Gasteiger partial charge in [-0.15, -0.1) is 0 Å². The highest BCUT2D eigenvalue weighted by molar-refractivity contribution is 5.85. The first-order valence-corrected chi connectivity index (χ1v) is 7.36. The fraction of sp³-hybridized carbons (Fsp3) is 0.867. The molecule has 0 radical (unpaired) electrons. The van der Waals surface area contributed by atoms with E-state index in [9.17, 15) is 9.59 Å². The average molecular weight is 266 g/mol. The van der Waals surface area contributed by atoms with Crippen molar-refractivity contribution in [2.75, 3.05) is 0 Å². The number of ether oxygens (including phenoxy) is 2. The number of carbonyl (C=O) groups is 2. The molecule has 2 bridgehead atoms. The molecule has 0 N–H and O–H groups in total. The van der Waals surface area contributed by atoms with Gasteiger partial charge in [0.15, 0.2) is 0 Å². The molecule has 1 saturated carbocycles. The van der Waals surface area contributed by atoms with Crippen molar-refractivity contribution < 1.29 is 19.1 Å². The van der Waals surface area contributed by atoms with Crippen LogP contribution in [0, 0.1) is 23.7 Å². The van der Waals surface area contributed by atoms with Crippen LogP contribution >= 0.6 is 0 Å². The SMILES string of the molecule is CC(CC1C2CC3C(=O)CC1C3O2)OC(=O)C(C)C. The van der Waals surface area contributed by atoms with E-state index in [1.165, 1.54) is 0 Å². The van der Waals surface area contributed by atoms with Crippen LogP contribution in [0.25, 0.3) is 0 Å². The molecule has 0 aromatic carbocycles. The molecule has 3 rings (SSSR count). The first-order chi connectivity index (χ1) is 8.97. The van der Waals surface area contributed by atoms with E-state index in [4.69, 9.17) is 9.47 Å². The van der Waals surface area contributed by atoms with Crippen LogP contribution < -0.4 is 0 Å². The zero-order valence-corrected chi connectivity index (χ0v) is 11.8. The molecule has 4 nitrogen and oxygen atoms in total. The zero-order valence-electron chi connectivity index (χ0n) is 11.8. The lowest BCUT2D eigenvalue weighted by Gasteiger charge is -2.26. The minimum atomic E-state index is -0.142. The van der Waals surface area contributed by atoms with Gasteiger partial charge in [-0.2, -0.15) is 0 Å². The second-order valence-corrected chi connectivity index (χ2v) is 6.62. The minimum Gasteiger partial charge on any atom is -0.462 e. The highest BCUT2D eigenvalue weighted by atomic mass is 16.5. The van der Waals surface area contributed by atoms with Crippen LogP contribution in [0.2, 0.25) is 0 Å². The molecule has 4 heteroatoms. The van der Waals surface area contributed by atoms with Crippen LogP contribution in [0.4, 0.5) is 0 Å². The lowest BCUT2D eigenvalue weighted by atomic mass is 9.77. The molecule has 2 heterocycles. The van der Waals surface area contributed by atoms with E-state index in [0.717, 1.165) is 12.8 Å². The Morgan fingerprint density at radius 1 is 1.42 bits per heavy atom. The first-order valence-electron chi connectivity index (χ1n) is 7.36. The van der Waals surface area contributed by atoms with Crippen LogP contribution in [-0.4, -0.2) is 30.1 Å². The monoisotopic (exact) mass is 266 g/mol. The average Bonchev–Trinajstić information content (AvgIpc) is 2.93. The summed E-state index contributed by atoms with van der Waals surface area (Å²) in [6.07, 6.45) is 2.67. The van der Waals surface area contributed by atoms with Gasteiger partial charge < -0.3 is 9.47 Å². The van der Waals surface area contributed by atoms with Crippen LogP contribution in [0.15, 0.2) is 0 Å². The third-order valence-electron chi connectivity index (χ3n) is 4.91. The maximum atomic E-state index is 11.8. The minimum absolute atomic E-state index is 0.0861. The Bertz CT molecular complexity index is 403. The van der Waals surface area contributed by atoms with Crippen LogP contribution in [0.5, 0.6) is 0 Å². The molecule has 6 unspecified atom stereocenters. The van der Waals surface area contributed by atoms with Crippen LogP contribution in [-0.2, 0) is 19.1 Å². The number of hydrogen-bond acceptors (Lipinski definition) is 4. The molecule has 3 aliphatic rings. The summed E-state index contributed by atoms with van der Waals surface area (Å²) in [7, 11) is 0. The maximum absolute atomic E-state index is 11.8. The summed E-state index contributed by atoms with van der Waals surface area (Å²) in [6.45, 7) is 5.63. The Morgan fingerprint density at radius 3 is 2.84 bits per heavy atom. The predicted molar refractivity (Wildman–Crippen MR) is 68.4 cm³/mol. The molecule has 106 valence electrons. The van der Waals surface area contributed by atoms with E-state index in [1.54, 1.807) is 0 Å². The van der Waals surface area contributed by atoms with Gasteiger partial charge in [0.1, 0.15) is 5.78 Å². The lowest BCUT2D eigenvalue weighted by Crippen LogP contribution is -2.31. The Kier molecular flexibility index (Phi) is 3.16. The van der Waals surface area contributed by atoms with Crippen molar-refractivity contribution in [3.05, 3.63) is 0 Å². The van der Waals surface area contributed by atoms with E-state index in [0.29, 0.717) is 24.0 Å². The zero-order chi connectivity index (χ0) is 13.7. The Labute approximate surface area is 113 Å². The molecule has 0 amide bonds. The quantitative estimate of drug-likeness (QED) is 0.730. The molecule has 2 aliphatic heterocycles. The summed E-state index contributed by atoms with van der Waals surface area (Å²) in [5, 5.41) is 0. The summed E-state index contributed by atoms with van der Waals surface area (Å²) >= 11 is 0. The van der Waals surface area contributed by atoms with Gasteiger partial charge >= 0.3 is 5.97 Å². The Morgan fingerprint density at radius 2 is 2.16 bits per heavy atom. The number of ketones is 1. The number of carbonyl (C=O) groups excluding carboxylic acids is 2. The predicted octanol–water partition coefficient (Wildman–Crippen LogP) is 1.96. The second kappa shape index (κ2) is 4.58. The molecule has 2 saturated heterocycles. The summed E-state index contributed by atoms with van der Waals surface area (Å²) in [4.78, 5) is 23.4. The summed E-state index contributed by atoms with van der Waals surface area (Å²) < 4.78 is 11.4. The second-order valence-electron chi connectivity index (χ2n) is 6.62. The number of rotatable bonds is 4. The van der Waals surface area contributed by atoms with Crippen molar-refractivity contribution in [2.24, 2.45) is 23.7 Å². The molecule has 0 aromatic rings. The van der Waals surface area contributed by atoms with Gasteiger partial charge in [0.2, 0.25) is 0 Å². The van der Waals surface area contributed by atoms with Gasteiger partial charge in [-0.25, -0.2) is 0 Å². The van der Waals surface area contributed by atoms with E-state index in [2.05, 4.69) is 0 Å². The molecule has 0 spiro atoms. The van der Waals surface area contributed by atoms with Gasteiger partial charge in [-0.1, -0.05) is 13.8 Å². The standard InChI is InChI=1S/C15H22O4/c1-7(2)15(17)18-8(3)4-9-10-5-12(16)11-6-13(9)19-14(10)11/h7-11,13-14H,4-6H2,1-3H3. The fourth-order valence-corrected chi connectivity index (χ4v) is 3.99. The maximum Gasteiger partial charge on any atom is 0.308 e. The highest BCUT2D eigenvalue weighted by Gasteiger charge is 2.60. The first kappa shape index (κ1) is 13.1. The van der Waals surface area contributed by atoms with E-state index >= 15 is 0 Å². The molecule has 0 aromatic heterocycles. The summed E-state index contributed by atoms with van der Waals surface area (Å²) in [5.74, 6) is 1.08. The third-order valence-corrected chi connectivity index (χ3v) is 4.91. The number of esters is 1. The molecular formula is C15H22O4. The smallest absolute Gasteiger partial charge is 0.308 e. The molecule has 3 fully saturated rings. The number of Topliss-reactive ketones (excluding diaryl/α,β-unsaturated/α-hetero) is 1. The van der Waals surface area contributed by atoms with Crippen molar-refractivity contribution >= 4 is 11.8 Å². The molecular weight excluding hydrogens is 244 g/mol. The number of fused-ring (bicyclic) bond motifs is 1. The largest absolute Gasteiger partial charge is 0.462 e. The topological polar surface area (TPSA) is 52.6 Å². The normalized spacial score (nSPS) is 41.1. The van der Waals surface area contributed by atoms with Gasteiger partial charge in [-0.05, 0) is 31.6 Å². The Balaban J connectivity index is 1.60. The summed E-state index contributed by atoms with van der Waals surface area (Å²) in [5.41, 5.74) is 0. The van der Waals surface area contributed by atoms with Crippen LogP contribution in [0.3, 0.4) is 0 Å². The van der Waals surface area contributed by atoms with Gasteiger partial charge in [0, 0.05) is 12.3 Å². The molecule has 19 heavy (non-hydrogen) atoms. The van der Waals surface area contributed by atoms with Gasteiger partial charge in [0.05, 0.1) is 24.2 Å². The van der Waals surface area contributed by atoms with Gasteiger partial charge in [0.25, 0.3) is 0 Å². The van der Waals surface area contributed by atoms with Crippen molar-refractivity contribution in [2.45, 2.75) is 58.3 Å². The van der Waals surface area contributed by atoms with E-state index in [-0.39, 0.29) is 36.1 Å². The highest BCUT2D eigenvalue weighted by Crippen LogP contribution is 2.55. The van der Waals surface area contributed by atoms with Gasteiger partial charge in [-0.3, -0.25) is 9.59 Å². The third kappa shape index (κ3) is 2.10. The van der Waals surface area contributed by atoms with Crippen molar-refractivity contribution in [3.63, 3.8) is 0 Å². The van der Waals surface area contributed by atoms with E-state index in [1.807, 2.05) is 20.8 Å². The number of hydrogen-bond donors (Lipinski definition) is 0. The van der Waals surface area contributed by atoms with Crippen molar-refractivity contribution in [1.29, 1.82) is 0 Å². The van der Waals surface area contributed by atoms with Crippen molar-refractivity contribution in [3.8, 4) is 0 Å². The molecule has 1 aliphatic carbocycles. The van der Waals surface area contributed by atoms with E-state index < -0.39 is 0 Å². The molecule has 6 atom stereocenters. The fourth-order valence-electron chi connectivity index (χ4n) is 3.99. The Hall–Kier alpha value is -0.900. The van der Waals surface area contributed by atoms with Crippen LogP contribution in [0.1, 0.15) is 40.0 Å².